The zero-order chi connectivity index (χ0) is 12.2. The number of aryl methyl sites for hydroxylation is 1. The van der Waals surface area contributed by atoms with Crippen molar-refractivity contribution in [3.05, 3.63) is 18.0 Å². The molecule has 92 valence electrons. The molecule has 0 fully saturated rings. The molecule has 0 spiro atoms. The molecule has 0 aliphatic heterocycles. The van der Waals surface area contributed by atoms with E-state index in [1.54, 1.807) is 24.0 Å². The highest BCUT2D eigenvalue weighted by molar-refractivity contribution is 7.87. The van der Waals surface area contributed by atoms with Crippen LogP contribution in [0.2, 0.25) is 0 Å². The molecule has 0 saturated heterocycles. The first-order chi connectivity index (χ1) is 7.51. The van der Waals surface area contributed by atoms with E-state index in [0.29, 0.717) is 13.1 Å². The van der Waals surface area contributed by atoms with E-state index < -0.39 is 10.2 Å². The minimum atomic E-state index is -3.37. The summed E-state index contributed by atoms with van der Waals surface area (Å²) in [4.78, 5) is 0. The first kappa shape index (κ1) is 13.1. The molecule has 7 heteroatoms. The summed E-state index contributed by atoms with van der Waals surface area (Å²) in [5.74, 6) is 0. The van der Waals surface area contributed by atoms with Crippen LogP contribution in [0.15, 0.2) is 12.3 Å². The van der Waals surface area contributed by atoms with Crippen molar-refractivity contribution in [2.45, 2.75) is 20.4 Å². The largest absolute Gasteiger partial charge is 0.279 e. The van der Waals surface area contributed by atoms with E-state index in [0.717, 1.165) is 5.69 Å². The number of hydrogen-bond acceptors (Lipinski definition) is 3. The van der Waals surface area contributed by atoms with Crippen molar-refractivity contribution in [1.29, 1.82) is 0 Å². The Hall–Kier alpha value is -0.920. The highest BCUT2D eigenvalue weighted by Gasteiger charge is 2.17. The molecule has 0 bridgehead atoms. The number of rotatable bonds is 6. The Kier molecular flexibility index (Phi) is 4.45. The fourth-order valence-electron chi connectivity index (χ4n) is 1.39. The fraction of sp³-hybridized carbons (Fsp3) is 0.667. The van der Waals surface area contributed by atoms with Gasteiger partial charge in [0.05, 0.1) is 12.2 Å². The molecule has 0 atom stereocenters. The third kappa shape index (κ3) is 3.03. The third-order valence-corrected chi connectivity index (χ3v) is 4.11. The van der Waals surface area contributed by atoms with Crippen molar-refractivity contribution in [3.8, 4) is 0 Å². The predicted octanol–water partition coefficient (Wildman–Crippen LogP) is 0.0963. The Morgan fingerprint density at radius 2 is 2.06 bits per heavy atom. The molecule has 1 N–H and O–H groups in total. The quantitative estimate of drug-likeness (QED) is 0.774. The molecule has 0 aromatic carbocycles. The molecule has 0 aliphatic rings. The standard InChI is InChI=1S/C9H18N4O2S/c1-4-13(5-2)16(14,15)11-8-9-6-7-10-12(9)3/h6-7,11H,4-5,8H2,1-3H3. The van der Waals surface area contributed by atoms with Gasteiger partial charge in [-0.05, 0) is 6.07 Å². The van der Waals surface area contributed by atoms with Crippen LogP contribution < -0.4 is 4.72 Å². The zero-order valence-electron chi connectivity index (χ0n) is 9.84. The van der Waals surface area contributed by atoms with Crippen molar-refractivity contribution in [3.63, 3.8) is 0 Å². The average Bonchev–Trinajstić information content (AvgIpc) is 2.62. The second-order valence-electron chi connectivity index (χ2n) is 3.36. The van der Waals surface area contributed by atoms with E-state index in [-0.39, 0.29) is 6.54 Å². The Bertz CT molecular complexity index is 422. The topological polar surface area (TPSA) is 67.2 Å². The Labute approximate surface area is 96.4 Å². The number of nitrogens with zero attached hydrogens (tertiary/aromatic N) is 3. The lowest BCUT2D eigenvalue weighted by Crippen LogP contribution is -2.40. The van der Waals surface area contributed by atoms with E-state index in [1.165, 1.54) is 4.31 Å². The lowest BCUT2D eigenvalue weighted by Gasteiger charge is -2.18. The van der Waals surface area contributed by atoms with E-state index in [9.17, 15) is 8.42 Å². The lowest BCUT2D eigenvalue weighted by atomic mass is 10.4. The second kappa shape index (κ2) is 5.42. The monoisotopic (exact) mass is 246 g/mol. The zero-order valence-corrected chi connectivity index (χ0v) is 10.7. The van der Waals surface area contributed by atoms with Crippen LogP contribution in [0, 0.1) is 0 Å². The van der Waals surface area contributed by atoms with Crippen LogP contribution in [-0.4, -0.2) is 35.6 Å². The van der Waals surface area contributed by atoms with Crippen LogP contribution in [0.3, 0.4) is 0 Å². The van der Waals surface area contributed by atoms with Crippen molar-refractivity contribution in [1.82, 2.24) is 18.8 Å². The summed E-state index contributed by atoms with van der Waals surface area (Å²) >= 11 is 0. The Balaban J connectivity index is 2.64. The van der Waals surface area contributed by atoms with Gasteiger partial charge in [0.25, 0.3) is 10.2 Å². The van der Waals surface area contributed by atoms with Crippen LogP contribution in [0.25, 0.3) is 0 Å². The molecule has 1 heterocycles. The smallest absolute Gasteiger partial charge is 0.271 e. The Morgan fingerprint density at radius 1 is 1.44 bits per heavy atom. The highest BCUT2D eigenvalue weighted by atomic mass is 32.2. The molecule has 1 aromatic rings. The first-order valence-electron chi connectivity index (χ1n) is 5.22. The van der Waals surface area contributed by atoms with Crippen molar-refractivity contribution in [2.24, 2.45) is 7.05 Å². The maximum atomic E-state index is 11.8. The number of aromatic nitrogens is 2. The van der Waals surface area contributed by atoms with Gasteiger partial charge < -0.3 is 0 Å². The molecular formula is C9H18N4O2S. The molecule has 1 aromatic heterocycles. The molecule has 0 radical (unpaired) electrons. The molecule has 0 saturated carbocycles. The molecule has 16 heavy (non-hydrogen) atoms. The predicted molar refractivity (Wildman–Crippen MR) is 61.9 cm³/mol. The fourth-order valence-corrected chi connectivity index (χ4v) is 2.59. The maximum absolute atomic E-state index is 11.8. The summed E-state index contributed by atoms with van der Waals surface area (Å²) in [6, 6.07) is 1.78. The van der Waals surface area contributed by atoms with Gasteiger partial charge in [0.2, 0.25) is 0 Å². The van der Waals surface area contributed by atoms with Gasteiger partial charge >= 0.3 is 0 Å². The first-order valence-corrected chi connectivity index (χ1v) is 6.66. The number of nitrogens with one attached hydrogen (secondary N) is 1. The summed E-state index contributed by atoms with van der Waals surface area (Å²) in [5.41, 5.74) is 0.829. The van der Waals surface area contributed by atoms with Crippen LogP contribution in [0.4, 0.5) is 0 Å². The summed E-state index contributed by atoms with van der Waals surface area (Å²) in [6.45, 7) is 4.82. The molecule has 1 rings (SSSR count). The lowest BCUT2D eigenvalue weighted by molar-refractivity contribution is 0.433. The van der Waals surface area contributed by atoms with Crippen LogP contribution in [0.5, 0.6) is 0 Å². The van der Waals surface area contributed by atoms with E-state index >= 15 is 0 Å². The average molecular weight is 246 g/mol. The van der Waals surface area contributed by atoms with Gasteiger partial charge in [0.15, 0.2) is 0 Å². The van der Waals surface area contributed by atoms with Crippen molar-refractivity contribution < 1.29 is 8.42 Å². The van der Waals surface area contributed by atoms with Gasteiger partial charge in [-0.1, -0.05) is 13.8 Å². The Morgan fingerprint density at radius 3 is 2.50 bits per heavy atom. The van der Waals surface area contributed by atoms with Crippen LogP contribution >= 0.6 is 0 Å². The maximum Gasteiger partial charge on any atom is 0.279 e. The summed E-state index contributed by atoms with van der Waals surface area (Å²) < 4.78 is 29.1. The van der Waals surface area contributed by atoms with Gasteiger partial charge in [-0.2, -0.15) is 22.5 Å². The van der Waals surface area contributed by atoms with E-state index in [2.05, 4.69) is 9.82 Å². The highest BCUT2D eigenvalue weighted by Crippen LogP contribution is 2.00. The number of hydrogen-bond donors (Lipinski definition) is 1. The molecule has 0 unspecified atom stereocenters. The SMILES string of the molecule is CCN(CC)S(=O)(=O)NCc1ccnn1C. The molecule has 0 aliphatic carbocycles. The van der Waals surface area contributed by atoms with Crippen LogP contribution in [-0.2, 0) is 23.8 Å². The van der Waals surface area contributed by atoms with Gasteiger partial charge in [-0.3, -0.25) is 4.68 Å². The third-order valence-electron chi connectivity index (χ3n) is 2.40. The van der Waals surface area contributed by atoms with Crippen molar-refractivity contribution >= 4 is 10.2 Å². The normalized spacial score (nSPS) is 12.2. The second-order valence-corrected chi connectivity index (χ2v) is 5.11. The minimum Gasteiger partial charge on any atom is -0.271 e. The van der Waals surface area contributed by atoms with Crippen molar-refractivity contribution in [2.75, 3.05) is 13.1 Å². The van der Waals surface area contributed by atoms with E-state index in [1.807, 2.05) is 13.8 Å². The summed E-state index contributed by atoms with van der Waals surface area (Å²) in [5, 5.41) is 3.97. The molecular weight excluding hydrogens is 228 g/mol. The van der Waals surface area contributed by atoms with E-state index in [4.69, 9.17) is 0 Å². The van der Waals surface area contributed by atoms with Crippen LogP contribution in [0.1, 0.15) is 19.5 Å². The summed E-state index contributed by atoms with van der Waals surface area (Å²) in [6.07, 6.45) is 1.64. The van der Waals surface area contributed by atoms with Gasteiger partial charge in [-0.25, -0.2) is 0 Å². The molecule has 0 amide bonds. The van der Waals surface area contributed by atoms with Gasteiger partial charge in [0.1, 0.15) is 0 Å². The van der Waals surface area contributed by atoms with Gasteiger partial charge in [-0.15, -0.1) is 0 Å². The minimum absolute atomic E-state index is 0.259. The van der Waals surface area contributed by atoms with Gasteiger partial charge in [0, 0.05) is 26.3 Å². The molecule has 6 nitrogen and oxygen atoms in total. The summed E-state index contributed by atoms with van der Waals surface area (Å²) in [7, 11) is -1.59.